The van der Waals surface area contributed by atoms with Gasteiger partial charge in [-0.05, 0) is 54.2 Å². The van der Waals surface area contributed by atoms with Crippen LogP contribution in [0.15, 0.2) is 84.9 Å². The van der Waals surface area contributed by atoms with Crippen LogP contribution in [0.4, 0.5) is 4.79 Å². The number of ether oxygens (including phenoxy) is 2. The number of hydrogen-bond donors (Lipinski definition) is 2. The zero-order valence-corrected chi connectivity index (χ0v) is 22.0. The minimum Gasteiger partial charge on any atom is -0.493 e. The van der Waals surface area contributed by atoms with Crippen molar-refractivity contribution in [2.75, 3.05) is 6.61 Å². The van der Waals surface area contributed by atoms with E-state index in [1.165, 1.54) is 37.7 Å². The molecule has 5 aromatic rings. The van der Waals surface area contributed by atoms with Crippen molar-refractivity contribution < 1.29 is 19.4 Å². The largest absolute Gasteiger partial charge is 0.512 e. The summed E-state index contributed by atoms with van der Waals surface area (Å²) in [7, 11) is 0. The quantitative estimate of drug-likeness (QED) is 0.158. The van der Waals surface area contributed by atoms with Gasteiger partial charge in [0.2, 0.25) is 5.88 Å². The third kappa shape index (κ3) is 5.35. The van der Waals surface area contributed by atoms with Gasteiger partial charge in [-0.2, -0.15) is 0 Å². The van der Waals surface area contributed by atoms with Gasteiger partial charge in [0, 0.05) is 21.9 Å². The molecule has 39 heavy (non-hydrogen) atoms. The number of aryl methyl sites for hydroxylation is 1. The highest BCUT2D eigenvalue weighted by Gasteiger charge is 2.19. The molecule has 6 rings (SSSR count). The van der Waals surface area contributed by atoms with Crippen LogP contribution in [0.5, 0.6) is 11.6 Å². The molecule has 1 saturated carbocycles. The Hall–Kier alpha value is -4.25. The molecule has 1 fully saturated rings. The summed E-state index contributed by atoms with van der Waals surface area (Å²) in [6.45, 7) is 0.509. The average molecular weight is 520 g/mol. The highest BCUT2D eigenvalue weighted by atomic mass is 16.7. The Kier molecular flexibility index (Phi) is 7.22. The van der Waals surface area contributed by atoms with Crippen molar-refractivity contribution in [1.29, 1.82) is 0 Å². The Morgan fingerprint density at radius 3 is 2.41 bits per heavy atom. The number of hydrogen-bond acceptors (Lipinski definition) is 3. The number of para-hydroxylation sites is 1. The topological polar surface area (TPSA) is 71.5 Å². The first-order chi connectivity index (χ1) is 19.2. The molecule has 1 aliphatic rings. The third-order valence-corrected chi connectivity index (χ3v) is 7.97. The Balaban J connectivity index is 1.24. The lowest BCUT2D eigenvalue weighted by Crippen LogP contribution is -2.06. The molecule has 2 N–H and O–H groups in total. The van der Waals surface area contributed by atoms with Crippen molar-refractivity contribution >= 4 is 27.8 Å². The number of aromatic nitrogens is 1. The SMILES string of the molecule is O=C(O)Oc1[nH]c2c(-c3ccc(C4CCCCC4)cc3)cccc2c1CCCOc1cccc2ccccc12. The second-order valence-electron chi connectivity index (χ2n) is 10.4. The van der Waals surface area contributed by atoms with Gasteiger partial charge in [0.25, 0.3) is 0 Å². The first-order valence-electron chi connectivity index (χ1n) is 13.9. The van der Waals surface area contributed by atoms with Crippen molar-refractivity contribution in [3.05, 3.63) is 96.1 Å². The minimum atomic E-state index is -1.33. The van der Waals surface area contributed by atoms with Crippen LogP contribution in [0.25, 0.3) is 32.8 Å². The summed E-state index contributed by atoms with van der Waals surface area (Å²) in [4.78, 5) is 14.8. The maximum Gasteiger partial charge on any atom is 0.512 e. The predicted molar refractivity (Wildman–Crippen MR) is 156 cm³/mol. The Morgan fingerprint density at radius 2 is 1.59 bits per heavy atom. The van der Waals surface area contributed by atoms with Crippen LogP contribution >= 0.6 is 0 Å². The number of fused-ring (bicyclic) bond motifs is 2. The summed E-state index contributed by atoms with van der Waals surface area (Å²) in [6.07, 6.45) is 6.54. The van der Waals surface area contributed by atoms with E-state index >= 15 is 0 Å². The molecule has 1 aromatic heterocycles. The molecule has 0 atom stereocenters. The zero-order valence-electron chi connectivity index (χ0n) is 22.0. The van der Waals surface area contributed by atoms with E-state index in [0.29, 0.717) is 25.4 Å². The zero-order chi connectivity index (χ0) is 26.6. The van der Waals surface area contributed by atoms with E-state index in [4.69, 9.17) is 9.47 Å². The Morgan fingerprint density at radius 1 is 0.846 bits per heavy atom. The van der Waals surface area contributed by atoms with Gasteiger partial charge in [0.15, 0.2) is 0 Å². The standard InChI is InChI=1S/C34H33NO4/c36-34(37)39-33-30(16-8-22-38-31-17-6-12-25-11-4-5-13-27(25)31)29-15-7-14-28(32(29)35-33)26-20-18-24(19-21-26)23-9-2-1-3-10-23/h4-7,11-15,17-21,23,35H,1-3,8-10,16,22H2,(H,36,37). The Bertz CT molecular complexity index is 1590. The first-order valence-corrected chi connectivity index (χ1v) is 13.9. The first kappa shape index (κ1) is 25.1. The molecule has 0 bridgehead atoms. The molecule has 1 aliphatic carbocycles. The molecular weight excluding hydrogens is 486 g/mol. The van der Waals surface area contributed by atoms with Crippen LogP contribution in [0.3, 0.4) is 0 Å². The number of H-pyrrole nitrogens is 1. The van der Waals surface area contributed by atoms with Crippen molar-refractivity contribution in [3.63, 3.8) is 0 Å². The highest BCUT2D eigenvalue weighted by molar-refractivity contribution is 5.98. The van der Waals surface area contributed by atoms with E-state index in [1.807, 2.05) is 36.4 Å². The summed E-state index contributed by atoms with van der Waals surface area (Å²) < 4.78 is 11.4. The van der Waals surface area contributed by atoms with Gasteiger partial charge >= 0.3 is 6.16 Å². The lowest BCUT2D eigenvalue weighted by Gasteiger charge is -2.22. The van der Waals surface area contributed by atoms with Gasteiger partial charge in [-0.15, -0.1) is 0 Å². The molecule has 5 heteroatoms. The normalized spacial score (nSPS) is 14.1. The fourth-order valence-corrected chi connectivity index (χ4v) is 6.04. The summed E-state index contributed by atoms with van der Waals surface area (Å²) in [5, 5.41) is 12.6. The van der Waals surface area contributed by atoms with E-state index in [9.17, 15) is 9.90 Å². The van der Waals surface area contributed by atoms with Gasteiger partial charge in [0.05, 0.1) is 12.1 Å². The van der Waals surface area contributed by atoms with Crippen LogP contribution in [0.2, 0.25) is 0 Å². The lowest BCUT2D eigenvalue weighted by molar-refractivity contribution is 0.142. The Labute approximate surface area is 228 Å². The number of nitrogens with one attached hydrogen (secondary N) is 1. The number of benzene rings is 4. The van der Waals surface area contributed by atoms with Crippen molar-refractivity contribution in [2.45, 2.75) is 50.9 Å². The van der Waals surface area contributed by atoms with Gasteiger partial charge in [-0.3, -0.25) is 0 Å². The van der Waals surface area contributed by atoms with E-state index in [-0.39, 0.29) is 5.88 Å². The van der Waals surface area contributed by atoms with E-state index in [2.05, 4.69) is 53.5 Å². The summed E-state index contributed by atoms with van der Waals surface area (Å²) in [5.41, 5.74) is 5.31. The van der Waals surface area contributed by atoms with E-state index < -0.39 is 6.16 Å². The van der Waals surface area contributed by atoms with Gasteiger partial charge in [-0.1, -0.05) is 98.1 Å². The molecule has 1 heterocycles. The molecule has 0 aliphatic heterocycles. The van der Waals surface area contributed by atoms with Crippen LogP contribution < -0.4 is 9.47 Å². The second-order valence-corrected chi connectivity index (χ2v) is 10.4. The van der Waals surface area contributed by atoms with Crippen LogP contribution in [-0.4, -0.2) is 22.9 Å². The van der Waals surface area contributed by atoms with Gasteiger partial charge < -0.3 is 19.6 Å². The van der Waals surface area contributed by atoms with E-state index in [1.54, 1.807) is 0 Å². The molecule has 0 amide bonds. The molecule has 0 radical (unpaired) electrons. The smallest absolute Gasteiger partial charge is 0.493 e. The van der Waals surface area contributed by atoms with Crippen molar-refractivity contribution in [3.8, 4) is 22.8 Å². The average Bonchev–Trinajstić information content (AvgIpc) is 3.32. The summed E-state index contributed by atoms with van der Waals surface area (Å²) >= 11 is 0. The summed E-state index contributed by atoms with van der Waals surface area (Å²) in [5.74, 6) is 1.80. The molecule has 198 valence electrons. The monoisotopic (exact) mass is 519 g/mol. The molecule has 4 aromatic carbocycles. The number of rotatable bonds is 8. The summed E-state index contributed by atoms with van der Waals surface area (Å²) in [6, 6.07) is 29.3. The number of aromatic amines is 1. The molecule has 5 nitrogen and oxygen atoms in total. The van der Waals surface area contributed by atoms with Gasteiger partial charge in [-0.25, -0.2) is 4.79 Å². The van der Waals surface area contributed by atoms with Crippen molar-refractivity contribution in [2.24, 2.45) is 0 Å². The van der Waals surface area contributed by atoms with Crippen molar-refractivity contribution in [1.82, 2.24) is 4.98 Å². The fraction of sp³-hybridized carbons (Fsp3) is 0.265. The number of carboxylic acid groups (broad SMARTS) is 1. The fourth-order valence-electron chi connectivity index (χ4n) is 6.04. The van der Waals surface area contributed by atoms with E-state index in [0.717, 1.165) is 44.1 Å². The highest BCUT2D eigenvalue weighted by Crippen LogP contribution is 2.38. The molecule has 0 saturated heterocycles. The minimum absolute atomic E-state index is 0.286. The molecule has 0 spiro atoms. The predicted octanol–water partition coefficient (Wildman–Crippen LogP) is 9.10. The van der Waals surface area contributed by atoms with Crippen LogP contribution in [0.1, 0.15) is 55.6 Å². The number of carbonyl (C=O) groups is 1. The van der Waals surface area contributed by atoms with Gasteiger partial charge in [0.1, 0.15) is 5.75 Å². The lowest BCUT2D eigenvalue weighted by atomic mass is 9.83. The maximum atomic E-state index is 11.5. The molecular formula is C34H33NO4. The maximum absolute atomic E-state index is 11.5. The second kappa shape index (κ2) is 11.2. The molecule has 0 unspecified atom stereocenters. The van der Waals surface area contributed by atoms with Crippen LogP contribution in [0, 0.1) is 0 Å². The van der Waals surface area contributed by atoms with Crippen LogP contribution in [-0.2, 0) is 6.42 Å². The third-order valence-electron chi connectivity index (χ3n) is 7.97.